The van der Waals surface area contributed by atoms with Crippen LogP contribution in [0.2, 0.25) is 0 Å². The molecule has 5 aliphatic rings. The van der Waals surface area contributed by atoms with Crippen LogP contribution in [0.1, 0.15) is 95.8 Å². The third kappa shape index (κ3) is 7.87. The standard InChI is InChI=1S/C36H49N5O9S/c1-5-24-18-36(24,32(44)39-51(47,48)26-14-15-26)38-30(42)28-17-25-20-41(28)31(43)29(35(2,3)4)37-33(45)49-16-9-7-6-8-11-22-12-10-13-23-19-40(21-27(22)23)34(46)50-25/h8,10-13,24-26,28-29H,5-7,9,14-21H2,1-4H3,(H,37,45)(H,38,42)(H,39,44)/b11-8-/t24-,25?,28+,29-,36-/m1/s1. The second-order valence-electron chi connectivity index (χ2n) is 15.5. The number of sulfonamides is 1. The van der Waals surface area contributed by atoms with Crippen LogP contribution in [0, 0.1) is 11.3 Å². The van der Waals surface area contributed by atoms with Crippen LogP contribution in [0.5, 0.6) is 0 Å². The van der Waals surface area contributed by atoms with Crippen LogP contribution in [-0.2, 0) is 47.0 Å². The lowest BCUT2D eigenvalue weighted by atomic mass is 9.85. The van der Waals surface area contributed by atoms with Crippen LogP contribution < -0.4 is 15.4 Å². The van der Waals surface area contributed by atoms with Gasteiger partial charge in [-0.1, -0.05) is 64.5 Å². The second kappa shape index (κ2) is 14.1. The molecule has 3 N–H and O–H groups in total. The molecule has 2 saturated carbocycles. The second-order valence-corrected chi connectivity index (χ2v) is 17.5. The van der Waals surface area contributed by atoms with Gasteiger partial charge in [-0.15, -0.1) is 0 Å². The fraction of sp³-hybridized carbons (Fsp3) is 0.639. The Hall–Kier alpha value is -4.14. The van der Waals surface area contributed by atoms with E-state index in [-0.39, 0.29) is 31.9 Å². The molecule has 15 heteroatoms. The van der Waals surface area contributed by atoms with Crippen molar-refractivity contribution < 1.29 is 41.9 Å². The van der Waals surface area contributed by atoms with Gasteiger partial charge >= 0.3 is 12.2 Å². The Labute approximate surface area is 299 Å². The van der Waals surface area contributed by atoms with Gasteiger partial charge in [0.15, 0.2) is 0 Å². The van der Waals surface area contributed by atoms with Crippen molar-refractivity contribution in [1.82, 2.24) is 25.2 Å². The molecule has 1 aromatic carbocycles. The summed E-state index contributed by atoms with van der Waals surface area (Å²) in [6, 6.07) is 3.63. The number of alkyl carbamates (subject to hydrolysis) is 1. The lowest BCUT2D eigenvalue weighted by molar-refractivity contribution is -0.143. The summed E-state index contributed by atoms with van der Waals surface area (Å²) in [7, 11) is -3.87. The Morgan fingerprint density at radius 2 is 1.86 bits per heavy atom. The van der Waals surface area contributed by atoms with E-state index < -0.39 is 74.3 Å². The van der Waals surface area contributed by atoms with Gasteiger partial charge in [0.1, 0.15) is 23.7 Å². The molecule has 0 spiro atoms. The van der Waals surface area contributed by atoms with Crippen LogP contribution in [-0.4, -0.2) is 90.3 Å². The van der Waals surface area contributed by atoms with Crippen LogP contribution >= 0.6 is 0 Å². The lowest BCUT2D eigenvalue weighted by Crippen LogP contribution is -2.60. The van der Waals surface area contributed by atoms with Crippen molar-refractivity contribution in [2.75, 3.05) is 13.2 Å². The topological polar surface area (TPSA) is 181 Å². The van der Waals surface area contributed by atoms with E-state index in [1.807, 2.05) is 31.2 Å². The summed E-state index contributed by atoms with van der Waals surface area (Å²) in [5.41, 5.74) is 0.766. The van der Waals surface area contributed by atoms with Crippen molar-refractivity contribution in [3.05, 3.63) is 41.0 Å². The number of carbonyl (C=O) groups excluding carboxylic acids is 5. The average Bonchev–Trinajstić information content (AvgIpc) is 3.96. The maximum Gasteiger partial charge on any atom is 0.410 e. The van der Waals surface area contributed by atoms with E-state index in [2.05, 4.69) is 21.4 Å². The molecule has 5 amide bonds. The van der Waals surface area contributed by atoms with Crippen molar-refractivity contribution in [1.29, 1.82) is 0 Å². The molecule has 3 aliphatic heterocycles. The molecule has 5 atom stereocenters. The first-order valence-electron chi connectivity index (χ1n) is 18.0. The molecule has 1 saturated heterocycles. The van der Waals surface area contributed by atoms with E-state index in [9.17, 15) is 32.4 Å². The van der Waals surface area contributed by atoms with Crippen molar-refractivity contribution in [3.63, 3.8) is 0 Å². The first kappa shape index (κ1) is 36.6. The van der Waals surface area contributed by atoms with E-state index in [0.717, 1.165) is 29.5 Å². The Bertz CT molecular complexity index is 1720. The molecule has 6 rings (SSSR count). The van der Waals surface area contributed by atoms with E-state index in [0.29, 0.717) is 38.8 Å². The third-order valence-electron chi connectivity index (χ3n) is 10.6. The maximum absolute atomic E-state index is 14.4. The molecular weight excluding hydrogens is 678 g/mol. The van der Waals surface area contributed by atoms with E-state index in [4.69, 9.17) is 9.47 Å². The first-order chi connectivity index (χ1) is 24.1. The molecule has 2 aliphatic carbocycles. The molecule has 0 radical (unpaired) electrons. The number of amides is 5. The van der Waals surface area contributed by atoms with Crippen molar-refractivity contribution in [2.24, 2.45) is 11.3 Å². The summed E-state index contributed by atoms with van der Waals surface area (Å²) < 4.78 is 38.9. The summed E-state index contributed by atoms with van der Waals surface area (Å²) in [6.45, 7) is 7.90. The highest BCUT2D eigenvalue weighted by Crippen LogP contribution is 2.47. The quantitative estimate of drug-likeness (QED) is 0.396. The fourth-order valence-electron chi connectivity index (χ4n) is 7.33. The summed E-state index contributed by atoms with van der Waals surface area (Å²) in [4.78, 5) is 71.4. The van der Waals surface area contributed by atoms with Gasteiger partial charge in [0, 0.05) is 13.0 Å². The van der Waals surface area contributed by atoms with Gasteiger partial charge in [-0.2, -0.15) is 0 Å². The number of carbonyl (C=O) groups is 5. The van der Waals surface area contributed by atoms with E-state index in [1.54, 1.807) is 25.7 Å². The van der Waals surface area contributed by atoms with Gasteiger partial charge in [0.2, 0.25) is 21.8 Å². The van der Waals surface area contributed by atoms with Gasteiger partial charge in [-0.25, -0.2) is 18.0 Å². The number of cyclic esters (lactones) is 1. The van der Waals surface area contributed by atoms with Gasteiger partial charge in [0.25, 0.3) is 5.91 Å². The smallest absolute Gasteiger partial charge is 0.410 e. The Morgan fingerprint density at radius 1 is 1.10 bits per heavy atom. The highest BCUT2D eigenvalue weighted by atomic mass is 32.2. The van der Waals surface area contributed by atoms with Crippen LogP contribution in [0.25, 0.3) is 6.08 Å². The fourth-order valence-corrected chi connectivity index (χ4v) is 8.70. The minimum atomic E-state index is -3.87. The number of fused-ring (bicyclic) bond motifs is 3. The summed E-state index contributed by atoms with van der Waals surface area (Å²) in [5.74, 6) is -2.34. The van der Waals surface area contributed by atoms with Crippen molar-refractivity contribution in [2.45, 2.75) is 121 Å². The SMILES string of the molecule is CC[C@@H]1C[C@]1(NC(=O)[C@@H]1CC2CN1C(=O)[C@H](C(C)(C)C)NC(=O)OCCCC/C=C\c1cccc3c1CN(C3)C(=O)O2)C(=O)NS(=O)(=O)C1CC1. The van der Waals surface area contributed by atoms with E-state index in [1.165, 1.54) is 4.90 Å². The molecule has 278 valence electrons. The molecule has 3 fully saturated rings. The van der Waals surface area contributed by atoms with Gasteiger partial charge in [0.05, 0.1) is 24.9 Å². The molecule has 0 aromatic heterocycles. The molecule has 4 bridgehead atoms. The highest BCUT2D eigenvalue weighted by molar-refractivity contribution is 7.91. The number of nitrogens with zero attached hydrogens (tertiary/aromatic N) is 2. The minimum absolute atomic E-state index is 0.0612. The summed E-state index contributed by atoms with van der Waals surface area (Å²) in [5, 5.41) is 4.88. The molecular formula is C36H49N5O9S. The minimum Gasteiger partial charge on any atom is -0.450 e. The molecule has 51 heavy (non-hydrogen) atoms. The monoisotopic (exact) mass is 727 g/mol. The van der Waals surface area contributed by atoms with Gasteiger partial charge < -0.3 is 25.0 Å². The van der Waals surface area contributed by atoms with Crippen molar-refractivity contribution >= 4 is 46.0 Å². The Balaban J connectivity index is 1.27. The first-order valence-corrected chi connectivity index (χ1v) is 19.5. The molecule has 14 nitrogen and oxygen atoms in total. The molecule has 1 unspecified atom stereocenters. The zero-order chi connectivity index (χ0) is 36.7. The number of nitrogens with one attached hydrogen (secondary N) is 3. The third-order valence-corrected chi connectivity index (χ3v) is 12.4. The predicted octanol–water partition coefficient (Wildman–Crippen LogP) is 3.34. The van der Waals surface area contributed by atoms with Crippen LogP contribution in [0.3, 0.4) is 0 Å². The zero-order valence-electron chi connectivity index (χ0n) is 29.7. The Kier molecular flexibility index (Phi) is 10.1. The molecule has 1 aromatic rings. The van der Waals surface area contributed by atoms with Crippen LogP contribution in [0.4, 0.5) is 9.59 Å². The number of benzene rings is 1. The average molecular weight is 728 g/mol. The van der Waals surface area contributed by atoms with Crippen LogP contribution in [0.15, 0.2) is 24.3 Å². The van der Waals surface area contributed by atoms with Crippen molar-refractivity contribution in [3.8, 4) is 0 Å². The molecule has 3 heterocycles. The largest absolute Gasteiger partial charge is 0.450 e. The predicted molar refractivity (Wildman–Crippen MR) is 186 cm³/mol. The number of allylic oxidation sites excluding steroid dienone is 1. The lowest BCUT2D eigenvalue weighted by Gasteiger charge is -2.35. The number of rotatable bonds is 6. The highest BCUT2D eigenvalue weighted by Gasteiger charge is 2.62. The number of ether oxygens (including phenoxy) is 2. The number of hydrogen-bond donors (Lipinski definition) is 3. The van der Waals surface area contributed by atoms with Gasteiger partial charge in [-0.3, -0.25) is 24.0 Å². The summed E-state index contributed by atoms with van der Waals surface area (Å²) >= 11 is 0. The number of hydrogen-bond acceptors (Lipinski definition) is 9. The van der Waals surface area contributed by atoms with Gasteiger partial charge in [-0.05, 0) is 66.5 Å². The van der Waals surface area contributed by atoms with E-state index >= 15 is 0 Å². The zero-order valence-corrected chi connectivity index (χ0v) is 30.6. The maximum atomic E-state index is 14.4. The Morgan fingerprint density at radius 3 is 2.55 bits per heavy atom. The summed E-state index contributed by atoms with van der Waals surface area (Å²) in [6.07, 6.45) is 5.65. The normalized spacial score (nSPS) is 29.4.